The smallest absolute Gasteiger partial charge is 0.101 e. The van der Waals surface area contributed by atoms with Gasteiger partial charge < -0.3 is 10.1 Å². The molecule has 0 bridgehead atoms. The van der Waals surface area contributed by atoms with Gasteiger partial charge in [0.25, 0.3) is 0 Å². The lowest BCUT2D eigenvalue weighted by molar-refractivity contribution is 0.0917. The van der Waals surface area contributed by atoms with E-state index < -0.39 is 0 Å². The van der Waals surface area contributed by atoms with Crippen molar-refractivity contribution in [3.8, 4) is 0 Å². The molecule has 2 nitrogen and oxygen atoms in total. The quantitative estimate of drug-likeness (QED) is 0.696. The molecule has 2 rings (SSSR count). The number of hydrogen-bond donors (Lipinski definition) is 1. The van der Waals surface area contributed by atoms with Crippen LogP contribution >= 0.6 is 0 Å². The number of rotatable bonds is 2. The summed E-state index contributed by atoms with van der Waals surface area (Å²) in [6, 6.07) is 0. The van der Waals surface area contributed by atoms with E-state index in [2.05, 4.69) is 23.9 Å². The molecule has 1 fully saturated rings. The first-order valence-corrected chi connectivity index (χ1v) is 5.02. The third-order valence-electron chi connectivity index (χ3n) is 2.44. The van der Waals surface area contributed by atoms with Crippen LogP contribution in [0.5, 0.6) is 0 Å². The van der Waals surface area contributed by atoms with E-state index in [1.165, 1.54) is 0 Å². The largest absolute Gasteiger partial charge is 0.494 e. The third kappa shape index (κ3) is 2.59. The summed E-state index contributed by atoms with van der Waals surface area (Å²) >= 11 is 0. The fraction of sp³-hybridized carbons (Fsp3) is 0.545. The van der Waals surface area contributed by atoms with Gasteiger partial charge in [-0.1, -0.05) is 12.2 Å². The maximum Gasteiger partial charge on any atom is 0.101 e. The van der Waals surface area contributed by atoms with E-state index in [4.69, 9.17) is 4.74 Å². The van der Waals surface area contributed by atoms with E-state index in [0.717, 1.165) is 38.1 Å². The summed E-state index contributed by atoms with van der Waals surface area (Å²) in [5, 5.41) is 3.33. The molecule has 1 radical (unpaired) electrons. The Morgan fingerprint density at radius 3 is 2.85 bits per heavy atom. The summed E-state index contributed by atoms with van der Waals surface area (Å²) in [5.74, 6) is 1.05. The van der Waals surface area contributed by atoms with Crippen LogP contribution in [-0.4, -0.2) is 19.2 Å². The molecule has 0 aromatic carbocycles. The van der Waals surface area contributed by atoms with Crippen LogP contribution in [0, 0.1) is 6.42 Å². The normalized spacial score (nSPS) is 24.2. The van der Waals surface area contributed by atoms with Crippen molar-refractivity contribution >= 4 is 0 Å². The zero-order valence-corrected chi connectivity index (χ0v) is 7.83. The molecule has 0 spiro atoms. The molecule has 0 atom stereocenters. The fourth-order valence-corrected chi connectivity index (χ4v) is 1.69. The van der Waals surface area contributed by atoms with Gasteiger partial charge in [0.05, 0.1) is 0 Å². The monoisotopic (exact) mass is 178 g/mol. The lowest BCUT2D eigenvalue weighted by atomic mass is 10.1. The maximum absolute atomic E-state index is 5.85. The Bertz CT molecular complexity index is 214. The Kier molecular flexibility index (Phi) is 3.03. The van der Waals surface area contributed by atoms with Crippen LogP contribution in [0.3, 0.4) is 0 Å². The second-order valence-electron chi connectivity index (χ2n) is 3.50. The van der Waals surface area contributed by atoms with Gasteiger partial charge in [0.2, 0.25) is 0 Å². The van der Waals surface area contributed by atoms with E-state index in [-0.39, 0.29) is 0 Å². The van der Waals surface area contributed by atoms with Gasteiger partial charge >= 0.3 is 0 Å². The van der Waals surface area contributed by atoms with E-state index >= 15 is 0 Å². The first kappa shape index (κ1) is 8.82. The number of ether oxygens (including phenoxy) is 1. The molecule has 1 aliphatic heterocycles. The highest BCUT2D eigenvalue weighted by Gasteiger charge is 2.15. The van der Waals surface area contributed by atoms with Crippen LogP contribution in [0.25, 0.3) is 0 Å². The van der Waals surface area contributed by atoms with Crippen molar-refractivity contribution in [3.63, 3.8) is 0 Å². The fourth-order valence-electron chi connectivity index (χ4n) is 1.69. The molecule has 0 amide bonds. The Morgan fingerprint density at radius 2 is 2.15 bits per heavy atom. The first-order valence-electron chi connectivity index (χ1n) is 5.02. The molecular weight excluding hydrogens is 162 g/mol. The topological polar surface area (TPSA) is 21.3 Å². The van der Waals surface area contributed by atoms with Crippen molar-refractivity contribution in [2.24, 2.45) is 0 Å². The summed E-state index contributed by atoms with van der Waals surface area (Å²) in [6.07, 6.45) is 12.1. The van der Waals surface area contributed by atoms with Gasteiger partial charge in [0.15, 0.2) is 0 Å². The third-order valence-corrected chi connectivity index (χ3v) is 2.44. The molecule has 2 heteroatoms. The van der Waals surface area contributed by atoms with E-state index in [1.807, 2.05) is 6.08 Å². The van der Waals surface area contributed by atoms with Gasteiger partial charge in [-0.15, -0.1) is 0 Å². The number of piperidine rings is 1. The molecule has 2 aliphatic rings. The summed E-state index contributed by atoms with van der Waals surface area (Å²) in [4.78, 5) is 0. The summed E-state index contributed by atoms with van der Waals surface area (Å²) in [7, 11) is 0. The Morgan fingerprint density at radius 1 is 1.31 bits per heavy atom. The molecule has 0 saturated carbocycles. The van der Waals surface area contributed by atoms with Gasteiger partial charge in [0.1, 0.15) is 11.9 Å². The molecule has 0 aromatic rings. The van der Waals surface area contributed by atoms with Gasteiger partial charge in [-0.3, -0.25) is 0 Å². The Balaban J connectivity index is 1.82. The second-order valence-corrected chi connectivity index (χ2v) is 3.50. The minimum atomic E-state index is 0.426. The standard InChI is InChI=1S/C11H16NO/c1-2-4-10(5-3-1)13-11-6-8-12-9-7-11/h1-2,4-5,11-12H,3,6-9H2. The molecule has 1 heterocycles. The molecule has 1 N–H and O–H groups in total. The molecule has 71 valence electrons. The summed E-state index contributed by atoms with van der Waals surface area (Å²) < 4.78 is 5.85. The van der Waals surface area contributed by atoms with Crippen molar-refractivity contribution in [1.29, 1.82) is 0 Å². The lowest BCUT2D eigenvalue weighted by Crippen LogP contribution is -2.32. The van der Waals surface area contributed by atoms with Crippen LogP contribution in [-0.2, 0) is 4.74 Å². The average Bonchev–Trinajstić information content (AvgIpc) is 2.21. The van der Waals surface area contributed by atoms with Gasteiger partial charge in [0, 0.05) is 6.42 Å². The van der Waals surface area contributed by atoms with Gasteiger partial charge in [-0.05, 0) is 38.4 Å². The first-order chi connectivity index (χ1) is 6.45. The highest BCUT2D eigenvalue weighted by Crippen LogP contribution is 2.17. The van der Waals surface area contributed by atoms with E-state index in [0.29, 0.717) is 6.10 Å². The predicted molar refractivity (Wildman–Crippen MR) is 53.1 cm³/mol. The molecule has 13 heavy (non-hydrogen) atoms. The molecule has 0 aromatic heterocycles. The van der Waals surface area contributed by atoms with E-state index in [1.54, 1.807) is 0 Å². The summed E-state index contributed by atoms with van der Waals surface area (Å²) in [6.45, 7) is 2.18. The zero-order chi connectivity index (χ0) is 8.93. The van der Waals surface area contributed by atoms with Gasteiger partial charge in [-0.2, -0.15) is 0 Å². The molecule has 1 aliphatic carbocycles. The van der Waals surface area contributed by atoms with Crippen LogP contribution in [0.4, 0.5) is 0 Å². The zero-order valence-electron chi connectivity index (χ0n) is 7.83. The van der Waals surface area contributed by atoms with Crippen LogP contribution in [0.15, 0.2) is 24.0 Å². The van der Waals surface area contributed by atoms with Crippen molar-refractivity contribution in [3.05, 3.63) is 30.4 Å². The van der Waals surface area contributed by atoms with E-state index in [9.17, 15) is 0 Å². The highest BCUT2D eigenvalue weighted by molar-refractivity contribution is 5.21. The SMILES string of the molecule is [CH]1CC=CC=C1OC1CCNCC1. The highest BCUT2D eigenvalue weighted by atomic mass is 16.5. The molecular formula is C11H16NO. The van der Waals surface area contributed by atoms with Crippen LogP contribution in [0.1, 0.15) is 19.3 Å². The van der Waals surface area contributed by atoms with Crippen molar-refractivity contribution in [2.45, 2.75) is 25.4 Å². The Hall–Kier alpha value is -0.760. The van der Waals surface area contributed by atoms with Crippen LogP contribution in [0.2, 0.25) is 0 Å². The second kappa shape index (κ2) is 4.47. The number of allylic oxidation sites excluding steroid dienone is 4. The van der Waals surface area contributed by atoms with Crippen molar-refractivity contribution < 1.29 is 4.74 Å². The Labute approximate surface area is 79.7 Å². The minimum Gasteiger partial charge on any atom is -0.494 e. The average molecular weight is 178 g/mol. The minimum absolute atomic E-state index is 0.426. The van der Waals surface area contributed by atoms with Crippen molar-refractivity contribution in [1.82, 2.24) is 5.32 Å². The van der Waals surface area contributed by atoms with Gasteiger partial charge in [-0.25, -0.2) is 0 Å². The predicted octanol–water partition coefficient (Wildman–Crippen LogP) is 1.80. The molecule has 0 unspecified atom stereocenters. The van der Waals surface area contributed by atoms with Crippen molar-refractivity contribution in [2.75, 3.05) is 13.1 Å². The molecule has 1 saturated heterocycles. The maximum atomic E-state index is 5.85. The summed E-state index contributed by atoms with van der Waals surface area (Å²) in [5.41, 5.74) is 0. The van der Waals surface area contributed by atoms with Crippen LogP contribution < -0.4 is 5.32 Å². The lowest BCUT2D eigenvalue weighted by Gasteiger charge is -2.25. The number of hydrogen-bond acceptors (Lipinski definition) is 2. The number of nitrogens with one attached hydrogen (secondary N) is 1.